The molecule has 1 aromatic carbocycles. The van der Waals surface area contributed by atoms with Gasteiger partial charge in [0.1, 0.15) is 6.54 Å². The maximum absolute atomic E-state index is 12.0. The van der Waals surface area contributed by atoms with Gasteiger partial charge in [0.2, 0.25) is 11.8 Å². The van der Waals surface area contributed by atoms with Crippen molar-refractivity contribution in [2.75, 3.05) is 25.0 Å². The minimum absolute atomic E-state index is 0.0447. The fraction of sp³-hybridized carbons (Fsp3) is 0.467. The number of carbonyl (C=O) groups excluding carboxylic acids is 2. The Morgan fingerprint density at radius 3 is 2.25 bits per heavy atom. The lowest BCUT2D eigenvalue weighted by Gasteiger charge is -2.31. The normalized spacial score (nSPS) is 16.8. The van der Waals surface area contributed by atoms with Gasteiger partial charge in [0.25, 0.3) is 0 Å². The van der Waals surface area contributed by atoms with Gasteiger partial charge in [0.15, 0.2) is 0 Å². The Balaban J connectivity index is 2.14. The number of nitrogens with zero attached hydrogens (tertiary/aromatic N) is 2. The van der Waals surface area contributed by atoms with Gasteiger partial charge in [-0.2, -0.15) is 0 Å². The molecule has 1 aliphatic rings. The number of carbonyl (C=O) groups is 2. The van der Waals surface area contributed by atoms with Gasteiger partial charge in [0.05, 0.1) is 6.54 Å². The quantitative estimate of drug-likeness (QED) is 0.886. The number of anilines is 1. The molecule has 2 N–H and O–H groups in total. The van der Waals surface area contributed by atoms with Crippen molar-refractivity contribution >= 4 is 17.5 Å². The van der Waals surface area contributed by atoms with Gasteiger partial charge in [-0.25, -0.2) is 0 Å². The van der Waals surface area contributed by atoms with Crippen LogP contribution in [0, 0.1) is 0 Å². The molecule has 2 amide bonds. The molecule has 0 spiro atoms. The first-order chi connectivity index (χ1) is 9.26. The molecular weight excluding hydrogens is 254 g/mol. The predicted molar refractivity (Wildman–Crippen MR) is 78.4 cm³/mol. The van der Waals surface area contributed by atoms with Crippen LogP contribution in [0.5, 0.6) is 0 Å². The molecule has 1 aromatic rings. The molecule has 1 saturated heterocycles. The van der Waals surface area contributed by atoms with E-state index >= 15 is 0 Å². The van der Waals surface area contributed by atoms with Crippen LogP contribution in [-0.2, 0) is 16.0 Å². The van der Waals surface area contributed by atoms with Crippen LogP contribution in [0.4, 0.5) is 5.69 Å². The number of benzene rings is 1. The van der Waals surface area contributed by atoms with Crippen molar-refractivity contribution in [1.29, 1.82) is 0 Å². The van der Waals surface area contributed by atoms with Gasteiger partial charge in [-0.05, 0) is 38.0 Å². The maximum Gasteiger partial charge on any atom is 0.247 e. The predicted octanol–water partition coefficient (Wildman–Crippen LogP) is 0.771. The van der Waals surface area contributed by atoms with Gasteiger partial charge in [-0.15, -0.1) is 0 Å². The van der Waals surface area contributed by atoms with Crippen LogP contribution in [0.2, 0.25) is 0 Å². The number of amides is 2. The topological polar surface area (TPSA) is 66.6 Å². The molecule has 0 bridgehead atoms. The summed E-state index contributed by atoms with van der Waals surface area (Å²) >= 11 is 0. The summed E-state index contributed by atoms with van der Waals surface area (Å²) in [5.41, 5.74) is 7.61. The van der Waals surface area contributed by atoms with E-state index in [1.807, 2.05) is 38.1 Å². The molecule has 1 aliphatic heterocycles. The molecule has 5 heteroatoms. The highest BCUT2D eigenvalue weighted by Crippen LogP contribution is 2.20. The monoisotopic (exact) mass is 275 g/mol. The van der Waals surface area contributed by atoms with Crippen LogP contribution < -0.4 is 10.6 Å². The molecule has 2 rings (SSSR count). The lowest BCUT2D eigenvalue weighted by molar-refractivity contribution is -0.136. The maximum atomic E-state index is 12.0. The van der Waals surface area contributed by atoms with Crippen molar-refractivity contribution in [1.82, 2.24) is 4.90 Å². The van der Waals surface area contributed by atoms with E-state index in [-0.39, 0.29) is 30.4 Å². The summed E-state index contributed by atoms with van der Waals surface area (Å²) in [6.07, 6.45) is 0.767. The Morgan fingerprint density at radius 2 is 1.70 bits per heavy atom. The molecule has 0 saturated carbocycles. The van der Waals surface area contributed by atoms with Crippen LogP contribution >= 0.6 is 0 Å². The largest absolute Gasteiger partial charge is 0.335 e. The van der Waals surface area contributed by atoms with E-state index in [4.69, 9.17) is 5.73 Å². The van der Waals surface area contributed by atoms with E-state index in [9.17, 15) is 9.59 Å². The molecule has 20 heavy (non-hydrogen) atoms. The SMILES string of the molecule is CN1CC(=O)N(c2ccc(CC(C)(C)N)cc2)CC1=O. The fourth-order valence-corrected chi connectivity index (χ4v) is 2.28. The van der Waals surface area contributed by atoms with Crippen molar-refractivity contribution in [2.45, 2.75) is 25.8 Å². The molecule has 0 unspecified atom stereocenters. The first-order valence-electron chi connectivity index (χ1n) is 6.68. The highest BCUT2D eigenvalue weighted by atomic mass is 16.2. The Labute approximate surface area is 119 Å². The number of nitrogens with two attached hydrogens (primary N) is 1. The van der Waals surface area contributed by atoms with E-state index in [0.717, 1.165) is 17.7 Å². The second-order valence-corrected chi connectivity index (χ2v) is 6.06. The molecule has 0 aliphatic carbocycles. The van der Waals surface area contributed by atoms with Crippen molar-refractivity contribution in [3.63, 3.8) is 0 Å². The summed E-state index contributed by atoms with van der Waals surface area (Å²) in [5, 5.41) is 0. The third-order valence-electron chi connectivity index (χ3n) is 3.30. The van der Waals surface area contributed by atoms with Crippen molar-refractivity contribution in [3.8, 4) is 0 Å². The van der Waals surface area contributed by atoms with Gasteiger partial charge < -0.3 is 15.5 Å². The van der Waals surface area contributed by atoms with Gasteiger partial charge >= 0.3 is 0 Å². The van der Waals surface area contributed by atoms with Gasteiger partial charge in [0, 0.05) is 18.3 Å². The van der Waals surface area contributed by atoms with Gasteiger partial charge in [-0.3, -0.25) is 9.59 Å². The summed E-state index contributed by atoms with van der Waals surface area (Å²) in [7, 11) is 1.64. The molecule has 5 nitrogen and oxygen atoms in total. The average molecular weight is 275 g/mol. The highest BCUT2D eigenvalue weighted by Gasteiger charge is 2.28. The molecule has 1 heterocycles. The van der Waals surface area contributed by atoms with Crippen molar-refractivity contribution in [3.05, 3.63) is 29.8 Å². The fourth-order valence-electron chi connectivity index (χ4n) is 2.28. The van der Waals surface area contributed by atoms with Crippen LogP contribution in [0.3, 0.4) is 0 Å². The second-order valence-electron chi connectivity index (χ2n) is 6.06. The zero-order valence-corrected chi connectivity index (χ0v) is 12.2. The minimum atomic E-state index is -0.263. The van der Waals surface area contributed by atoms with Crippen molar-refractivity contribution < 1.29 is 9.59 Å². The lowest BCUT2D eigenvalue weighted by Crippen LogP contribution is -2.52. The molecular formula is C15H21N3O2. The number of hydrogen-bond donors (Lipinski definition) is 1. The summed E-state index contributed by atoms with van der Waals surface area (Å²) < 4.78 is 0. The summed E-state index contributed by atoms with van der Waals surface area (Å²) in [5.74, 6) is -0.101. The van der Waals surface area contributed by atoms with E-state index in [1.165, 1.54) is 9.80 Å². The zero-order valence-electron chi connectivity index (χ0n) is 12.2. The number of likely N-dealkylation sites (N-methyl/N-ethyl adjacent to an activating group) is 1. The highest BCUT2D eigenvalue weighted by molar-refractivity contribution is 6.04. The third kappa shape index (κ3) is 3.36. The summed E-state index contributed by atoms with van der Waals surface area (Å²) in [6.45, 7) is 4.20. The lowest BCUT2D eigenvalue weighted by atomic mass is 9.96. The smallest absolute Gasteiger partial charge is 0.247 e. The van der Waals surface area contributed by atoms with E-state index in [2.05, 4.69) is 0 Å². The van der Waals surface area contributed by atoms with Crippen LogP contribution in [0.15, 0.2) is 24.3 Å². The average Bonchev–Trinajstić information content (AvgIpc) is 2.33. The first kappa shape index (κ1) is 14.5. The summed E-state index contributed by atoms with van der Waals surface area (Å²) in [4.78, 5) is 26.6. The molecule has 0 radical (unpaired) electrons. The minimum Gasteiger partial charge on any atom is -0.335 e. The van der Waals surface area contributed by atoms with E-state index < -0.39 is 0 Å². The number of rotatable bonds is 3. The standard InChI is InChI=1S/C15H21N3O2/c1-15(2,16)8-11-4-6-12(7-5-11)18-10-13(19)17(3)9-14(18)20/h4-7H,8-10,16H2,1-3H3. The van der Waals surface area contributed by atoms with E-state index in [0.29, 0.717) is 0 Å². The Bertz CT molecular complexity index is 517. The Morgan fingerprint density at radius 1 is 1.10 bits per heavy atom. The van der Waals surface area contributed by atoms with Crippen molar-refractivity contribution in [2.24, 2.45) is 5.73 Å². The Hall–Kier alpha value is -1.88. The third-order valence-corrected chi connectivity index (χ3v) is 3.30. The molecule has 108 valence electrons. The Kier molecular flexibility index (Phi) is 3.81. The van der Waals surface area contributed by atoms with Crippen LogP contribution in [-0.4, -0.2) is 42.4 Å². The number of hydrogen-bond acceptors (Lipinski definition) is 3. The van der Waals surface area contributed by atoms with Gasteiger partial charge in [-0.1, -0.05) is 12.1 Å². The molecule has 0 atom stereocenters. The first-order valence-corrected chi connectivity index (χ1v) is 6.68. The molecule has 0 aromatic heterocycles. The molecule has 1 fully saturated rings. The summed E-state index contributed by atoms with van der Waals surface area (Å²) in [6, 6.07) is 7.66. The van der Waals surface area contributed by atoms with Crippen LogP contribution in [0.1, 0.15) is 19.4 Å². The van der Waals surface area contributed by atoms with Crippen LogP contribution in [0.25, 0.3) is 0 Å². The second kappa shape index (κ2) is 5.25. The van der Waals surface area contributed by atoms with E-state index in [1.54, 1.807) is 7.05 Å². The number of piperazine rings is 1. The zero-order chi connectivity index (χ0) is 14.9.